The molecule has 0 atom stereocenters. The van der Waals surface area contributed by atoms with Crippen LogP contribution in [-0.2, 0) is 4.79 Å². The summed E-state index contributed by atoms with van der Waals surface area (Å²) in [5, 5.41) is 0.575. The van der Waals surface area contributed by atoms with Crippen molar-refractivity contribution in [2.24, 2.45) is 0 Å². The summed E-state index contributed by atoms with van der Waals surface area (Å²) in [5.41, 5.74) is 1.58. The monoisotopic (exact) mass is 408 g/mol. The topological polar surface area (TPSA) is 32.8 Å². The minimum Gasteiger partial charge on any atom is -0.495 e. The van der Waals surface area contributed by atoms with Gasteiger partial charge >= 0.3 is 0 Å². The number of hydrogen-bond donors (Lipinski definition) is 0. The summed E-state index contributed by atoms with van der Waals surface area (Å²) in [5.74, 6) is 0.0547. The van der Waals surface area contributed by atoms with E-state index in [1.165, 1.54) is 12.1 Å². The number of carbonyl (C=O) groups excluding carboxylic acids is 1. The quantitative estimate of drug-likeness (QED) is 0.697. The number of halogens is 3. The molecule has 3 rings (SSSR count). The Balaban J connectivity index is 1.61. The van der Waals surface area contributed by atoms with Gasteiger partial charge in [-0.3, -0.25) is 4.79 Å². The van der Waals surface area contributed by atoms with Crippen molar-refractivity contribution in [3.8, 4) is 5.75 Å². The number of hydrogen-bond acceptors (Lipinski definition) is 3. The number of methoxy groups -OCH3 is 1. The molecule has 27 heavy (non-hydrogen) atoms. The summed E-state index contributed by atoms with van der Waals surface area (Å²) in [6, 6.07) is 10.1. The SMILES string of the molecule is COc1cccc(/C=C/C(=O)N2CCN(c3ccc(F)c(Cl)c3)CC2)c1Cl. The van der Waals surface area contributed by atoms with E-state index in [1.54, 1.807) is 36.3 Å². The van der Waals surface area contributed by atoms with E-state index in [0.717, 1.165) is 11.3 Å². The van der Waals surface area contributed by atoms with Gasteiger partial charge in [0.1, 0.15) is 11.6 Å². The fourth-order valence-electron chi connectivity index (χ4n) is 2.95. The number of ether oxygens (including phenoxy) is 1. The van der Waals surface area contributed by atoms with Crippen LogP contribution in [0.5, 0.6) is 5.75 Å². The average molecular weight is 409 g/mol. The highest BCUT2D eigenvalue weighted by Gasteiger charge is 2.20. The highest BCUT2D eigenvalue weighted by atomic mass is 35.5. The molecule has 0 N–H and O–H groups in total. The second kappa shape index (κ2) is 8.63. The molecule has 0 bridgehead atoms. The smallest absolute Gasteiger partial charge is 0.246 e. The van der Waals surface area contributed by atoms with Crippen LogP contribution in [-0.4, -0.2) is 44.1 Å². The lowest BCUT2D eigenvalue weighted by molar-refractivity contribution is -0.126. The summed E-state index contributed by atoms with van der Waals surface area (Å²) in [7, 11) is 1.55. The summed E-state index contributed by atoms with van der Waals surface area (Å²) in [4.78, 5) is 16.3. The van der Waals surface area contributed by atoms with E-state index in [9.17, 15) is 9.18 Å². The van der Waals surface area contributed by atoms with E-state index in [4.69, 9.17) is 27.9 Å². The molecule has 142 valence electrons. The summed E-state index contributed by atoms with van der Waals surface area (Å²) >= 11 is 12.1. The molecule has 2 aromatic rings. The van der Waals surface area contributed by atoms with Crippen LogP contribution in [0.4, 0.5) is 10.1 Å². The van der Waals surface area contributed by atoms with Crippen LogP contribution < -0.4 is 9.64 Å². The zero-order valence-electron chi connectivity index (χ0n) is 14.8. The van der Waals surface area contributed by atoms with Crippen molar-refractivity contribution < 1.29 is 13.9 Å². The van der Waals surface area contributed by atoms with Crippen molar-refractivity contribution in [1.29, 1.82) is 0 Å². The summed E-state index contributed by atoms with van der Waals surface area (Å²) in [6.07, 6.45) is 3.21. The highest BCUT2D eigenvalue weighted by Crippen LogP contribution is 2.28. The van der Waals surface area contributed by atoms with Gasteiger partial charge in [0.2, 0.25) is 5.91 Å². The number of nitrogens with zero attached hydrogens (tertiary/aromatic N) is 2. The maximum Gasteiger partial charge on any atom is 0.246 e. The van der Waals surface area contributed by atoms with Gasteiger partial charge in [0.15, 0.2) is 0 Å². The number of amides is 1. The second-order valence-corrected chi connectivity index (χ2v) is 6.89. The van der Waals surface area contributed by atoms with Crippen molar-refractivity contribution in [3.63, 3.8) is 0 Å². The van der Waals surface area contributed by atoms with Gasteiger partial charge < -0.3 is 14.5 Å². The van der Waals surface area contributed by atoms with E-state index in [0.29, 0.717) is 37.0 Å². The normalized spacial score (nSPS) is 14.7. The van der Waals surface area contributed by atoms with Crippen molar-refractivity contribution in [2.45, 2.75) is 0 Å². The van der Waals surface area contributed by atoms with E-state index < -0.39 is 5.82 Å². The highest BCUT2D eigenvalue weighted by molar-refractivity contribution is 6.33. The molecule has 1 aliphatic rings. The zero-order chi connectivity index (χ0) is 19.4. The standard InChI is InChI=1S/C20H19Cl2FN2O2/c1-27-18-4-2-3-14(20(18)22)5-8-19(26)25-11-9-24(10-12-25)15-6-7-17(23)16(21)13-15/h2-8,13H,9-12H2,1H3/b8-5+. The van der Waals surface area contributed by atoms with Gasteiger partial charge in [-0.15, -0.1) is 0 Å². The van der Waals surface area contributed by atoms with Crippen LogP contribution in [0.1, 0.15) is 5.56 Å². The van der Waals surface area contributed by atoms with Crippen LogP contribution in [0, 0.1) is 5.82 Å². The molecule has 1 amide bonds. The van der Waals surface area contributed by atoms with Gasteiger partial charge in [-0.05, 0) is 35.9 Å². The molecule has 0 aromatic heterocycles. The molecule has 0 saturated carbocycles. The summed E-state index contributed by atoms with van der Waals surface area (Å²) in [6.45, 7) is 2.46. The number of carbonyl (C=O) groups is 1. The molecule has 0 spiro atoms. The number of benzene rings is 2. The Morgan fingerprint density at radius 3 is 2.56 bits per heavy atom. The fourth-order valence-corrected chi connectivity index (χ4v) is 3.39. The van der Waals surface area contributed by atoms with Crippen LogP contribution in [0.15, 0.2) is 42.5 Å². The van der Waals surface area contributed by atoms with Gasteiger partial charge in [-0.25, -0.2) is 4.39 Å². The molecule has 1 fully saturated rings. The van der Waals surface area contributed by atoms with Crippen LogP contribution in [0.3, 0.4) is 0 Å². The predicted octanol–water partition coefficient (Wildman–Crippen LogP) is 4.50. The third-order valence-corrected chi connectivity index (χ3v) is 5.17. The molecule has 4 nitrogen and oxygen atoms in total. The average Bonchev–Trinajstić information content (AvgIpc) is 2.69. The van der Waals surface area contributed by atoms with Crippen molar-refractivity contribution in [1.82, 2.24) is 4.90 Å². The Morgan fingerprint density at radius 1 is 1.15 bits per heavy atom. The van der Waals surface area contributed by atoms with Crippen molar-refractivity contribution in [2.75, 3.05) is 38.2 Å². The maximum atomic E-state index is 13.3. The molecular formula is C20H19Cl2FN2O2. The van der Waals surface area contributed by atoms with E-state index in [-0.39, 0.29) is 10.9 Å². The molecular weight excluding hydrogens is 390 g/mol. The lowest BCUT2D eigenvalue weighted by atomic mass is 10.2. The Morgan fingerprint density at radius 2 is 1.89 bits per heavy atom. The molecule has 7 heteroatoms. The first-order valence-electron chi connectivity index (χ1n) is 8.49. The number of piperazine rings is 1. The van der Waals surface area contributed by atoms with Crippen molar-refractivity contribution >= 4 is 40.9 Å². The second-order valence-electron chi connectivity index (χ2n) is 6.11. The first-order valence-corrected chi connectivity index (χ1v) is 9.24. The van der Waals surface area contributed by atoms with E-state index in [2.05, 4.69) is 4.90 Å². The van der Waals surface area contributed by atoms with Gasteiger partial charge in [-0.2, -0.15) is 0 Å². The molecule has 0 radical (unpaired) electrons. The van der Waals surface area contributed by atoms with Crippen LogP contribution in [0.2, 0.25) is 10.0 Å². The fraction of sp³-hybridized carbons (Fsp3) is 0.250. The summed E-state index contributed by atoms with van der Waals surface area (Å²) < 4.78 is 18.5. The molecule has 1 heterocycles. The minimum atomic E-state index is -0.435. The molecule has 1 saturated heterocycles. The third-order valence-electron chi connectivity index (χ3n) is 4.48. The minimum absolute atomic E-state index is 0.0781. The largest absolute Gasteiger partial charge is 0.495 e. The first-order chi connectivity index (χ1) is 13.0. The van der Waals surface area contributed by atoms with Gasteiger partial charge in [0, 0.05) is 37.9 Å². The number of anilines is 1. The molecule has 2 aromatic carbocycles. The third kappa shape index (κ3) is 4.54. The Hall–Kier alpha value is -2.24. The molecule has 0 aliphatic carbocycles. The van der Waals surface area contributed by atoms with Crippen LogP contribution >= 0.6 is 23.2 Å². The molecule has 0 unspecified atom stereocenters. The van der Waals surface area contributed by atoms with Gasteiger partial charge in [0.05, 0.1) is 17.2 Å². The molecule has 1 aliphatic heterocycles. The van der Waals surface area contributed by atoms with Crippen molar-refractivity contribution in [3.05, 3.63) is 63.9 Å². The Labute approximate surface area is 167 Å². The lowest BCUT2D eigenvalue weighted by Crippen LogP contribution is -2.48. The lowest BCUT2D eigenvalue weighted by Gasteiger charge is -2.35. The first kappa shape index (κ1) is 19.5. The van der Waals surface area contributed by atoms with Gasteiger partial charge in [-0.1, -0.05) is 35.3 Å². The maximum absolute atomic E-state index is 13.3. The van der Waals surface area contributed by atoms with Crippen LogP contribution in [0.25, 0.3) is 6.08 Å². The zero-order valence-corrected chi connectivity index (χ0v) is 16.3. The Bertz CT molecular complexity index is 865. The number of rotatable bonds is 4. The van der Waals surface area contributed by atoms with E-state index in [1.807, 2.05) is 12.1 Å². The Kier molecular flexibility index (Phi) is 6.24. The van der Waals surface area contributed by atoms with Gasteiger partial charge in [0.25, 0.3) is 0 Å². The predicted molar refractivity (Wildman–Crippen MR) is 107 cm³/mol. The van der Waals surface area contributed by atoms with E-state index >= 15 is 0 Å².